The van der Waals surface area contributed by atoms with Gasteiger partial charge in [-0.25, -0.2) is 4.79 Å². The van der Waals surface area contributed by atoms with Crippen LogP contribution in [0.1, 0.15) is 52.3 Å². The lowest BCUT2D eigenvalue weighted by Crippen LogP contribution is -2.31. The zero-order valence-electron chi connectivity index (χ0n) is 14.5. The number of unbranched alkanes of at least 4 members (excludes halogenated alkanes) is 1. The average molecular weight is 324 g/mol. The highest BCUT2D eigenvalue weighted by Gasteiger charge is 2.26. The number of pyridine rings is 1. The maximum absolute atomic E-state index is 11.8. The van der Waals surface area contributed by atoms with Crippen LogP contribution in [-0.2, 0) is 11.3 Å². The summed E-state index contributed by atoms with van der Waals surface area (Å²) < 4.78 is 1.53. The molecular weight excluding hydrogens is 296 g/mol. The molecule has 0 aliphatic heterocycles. The number of aromatic nitrogens is 1. The molecule has 23 heavy (non-hydrogen) atoms. The predicted molar refractivity (Wildman–Crippen MR) is 89.7 cm³/mol. The van der Waals surface area contributed by atoms with E-state index in [4.69, 9.17) is 0 Å². The molecule has 0 aliphatic carbocycles. The summed E-state index contributed by atoms with van der Waals surface area (Å²) in [6.45, 7) is 9.97. The molecule has 0 radical (unpaired) electrons. The van der Waals surface area contributed by atoms with Gasteiger partial charge in [0.25, 0.3) is 0 Å². The van der Waals surface area contributed by atoms with Gasteiger partial charge in [-0.15, -0.1) is 0 Å². The topological polar surface area (TPSA) is 82.8 Å². The monoisotopic (exact) mass is 324 g/mol. The maximum Gasteiger partial charge on any atom is 0.326 e. The summed E-state index contributed by atoms with van der Waals surface area (Å²) in [6.07, 6.45) is 3.37. The Balaban J connectivity index is 3.26. The molecule has 6 heteroatoms. The number of hydrogen-bond acceptors (Lipinski definition) is 4. The minimum absolute atomic E-state index is 0.168. The number of aromatic hydroxyl groups is 1. The van der Waals surface area contributed by atoms with Gasteiger partial charge in [-0.2, -0.15) is 0 Å². The quantitative estimate of drug-likeness (QED) is 0.729. The molecule has 0 saturated carbocycles. The van der Waals surface area contributed by atoms with Crippen molar-refractivity contribution in [2.24, 2.45) is 5.92 Å². The second-order valence-corrected chi connectivity index (χ2v) is 6.17. The summed E-state index contributed by atoms with van der Waals surface area (Å²) in [7, 11) is 0. The third-order valence-corrected chi connectivity index (χ3v) is 3.99. The van der Waals surface area contributed by atoms with Crippen molar-refractivity contribution in [2.45, 2.75) is 53.1 Å². The van der Waals surface area contributed by atoms with E-state index in [1.54, 1.807) is 0 Å². The lowest BCUT2D eigenvalue weighted by Gasteiger charge is -2.27. The molecule has 1 aromatic rings. The van der Waals surface area contributed by atoms with Gasteiger partial charge in [0.15, 0.2) is 5.75 Å². The molecule has 1 atom stereocenters. The number of carbonyl (C=O) groups is 1. The molecule has 0 fully saturated rings. The number of carboxylic acid groups (broad SMARTS) is 1. The van der Waals surface area contributed by atoms with E-state index in [1.807, 2.05) is 20.8 Å². The largest absolute Gasteiger partial charge is 0.503 e. The summed E-state index contributed by atoms with van der Waals surface area (Å²) in [4.78, 5) is 25.6. The van der Waals surface area contributed by atoms with Gasteiger partial charge < -0.3 is 14.8 Å². The van der Waals surface area contributed by atoms with E-state index in [0.717, 1.165) is 25.9 Å². The smallest absolute Gasteiger partial charge is 0.326 e. The fourth-order valence-electron chi connectivity index (χ4n) is 2.65. The Morgan fingerprint density at radius 3 is 2.48 bits per heavy atom. The van der Waals surface area contributed by atoms with Crippen LogP contribution in [0.25, 0.3) is 0 Å². The standard InChI is InChI=1S/C17H28N2O4/c1-5-7-8-18(6-2)10-13-9-14(20)15(21)11-19(13)16(12(3)4)17(22)23/h9,11-12,16,21H,5-8,10H2,1-4H3,(H,22,23). The van der Waals surface area contributed by atoms with Crippen molar-refractivity contribution in [3.8, 4) is 5.75 Å². The van der Waals surface area contributed by atoms with E-state index in [-0.39, 0.29) is 5.92 Å². The van der Waals surface area contributed by atoms with Gasteiger partial charge in [-0.3, -0.25) is 9.69 Å². The van der Waals surface area contributed by atoms with Crippen molar-refractivity contribution in [1.82, 2.24) is 9.47 Å². The fourth-order valence-corrected chi connectivity index (χ4v) is 2.65. The summed E-state index contributed by atoms with van der Waals surface area (Å²) in [6, 6.07) is 0.531. The van der Waals surface area contributed by atoms with Gasteiger partial charge in [-0.1, -0.05) is 34.1 Å². The van der Waals surface area contributed by atoms with Crippen LogP contribution < -0.4 is 5.43 Å². The molecule has 0 amide bonds. The SMILES string of the molecule is CCCCN(CC)Cc1cc(=O)c(O)cn1C(C(=O)O)C(C)C. The van der Waals surface area contributed by atoms with Crippen LogP contribution in [0.15, 0.2) is 17.1 Å². The van der Waals surface area contributed by atoms with Crippen molar-refractivity contribution < 1.29 is 15.0 Å². The number of rotatable bonds is 9. The van der Waals surface area contributed by atoms with Crippen LogP contribution in [0.4, 0.5) is 0 Å². The van der Waals surface area contributed by atoms with Crippen LogP contribution in [-0.4, -0.2) is 38.7 Å². The Morgan fingerprint density at radius 2 is 2.00 bits per heavy atom. The Morgan fingerprint density at radius 1 is 1.35 bits per heavy atom. The first-order chi connectivity index (χ1) is 10.8. The molecule has 0 spiro atoms. The normalized spacial score (nSPS) is 12.8. The fraction of sp³-hybridized carbons (Fsp3) is 0.647. The van der Waals surface area contributed by atoms with Crippen LogP contribution in [0.3, 0.4) is 0 Å². The molecule has 2 N–H and O–H groups in total. The minimum atomic E-state index is -0.971. The summed E-state index contributed by atoms with van der Waals surface area (Å²) in [5.41, 5.74) is 0.141. The van der Waals surface area contributed by atoms with Gasteiger partial charge in [0, 0.05) is 18.3 Å². The van der Waals surface area contributed by atoms with Crippen molar-refractivity contribution in [3.05, 3.63) is 28.2 Å². The Labute approximate surface area is 137 Å². The zero-order chi connectivity index (χ0) is 17.6. The van der Waals surface area contributed by atoms with Crippen LogP contribution in [0.5, 0.6) is 5.75 Å². The Hall–Kier alpha value is -1.82. The van der Waals surface area contributed by atoms with Crippen LogP contribution >= 0.6 is 0 Å². The van der Waals surface area contributed by atoms with E-state index >= 15 is 0 Å². The third-order valence-electron chi connectivity index (χ3n) is 3.99. The molecule has 1 rings (SSSR count). The lowest BCUT2D eigenvalue weighted by molar-refractivity contribution is -0.142. The minimum Gasteiger partial charge on any atom is -0.503 e. The van der Waals surface area contributed by atoms with Gasteiger partial charge in [0.2, 0.25) is 5.43 Å². The molecule has 0 aliphatic rings. The molecule has 1 heterocycles. The Kier molecular flexibility index (Phi) is 7.29. The highest BCUT2D eigenvalue weighted by Crippen LogP contribution is 2.22. The third kappa shape index (κ3) is 5.10. The summed E-state index contributed by atoms with van der Waals surface area (Å²) in [5, 5.41) is 19.3. The zero-order valence-corrected chi connectivity index (χ0v) is 14.5. The van der Waals surface area contributed by atoms with Gasteiger partial charge in [0.1, 0.15) is 6.04 Å². The van der Waals surface area contributed by atoms with Crippen molar-refractivity contribution >= 4 is 5.97 Å². The molecule has 6 nitrogen and oxygen atoms in total. The molecule has 0 aromatic carbocycles. The van der Waals surface area contributed by atoms with Crippen molar-refractivity contribution in [3.63, 3.8) is 0 Å². The first kappa shape index (κ1) is 19.2. The summed E-state index contributed by atoms with van der Waals surface area (Å²) in [5.74, 6) is -1.56. The molecule has 1 aromatic heterocycles. The van der Waals surface area contributed by atoms with Crippen LogP contribution in [0, 0.1) is 5.92 Å². The number of aliphatic carboxylic acids is 1. The van der Waals surface area contributed by atoms with Gasteiger partial charge >= 0.3 is 5.97 Å². The van der Waals surface area contributed by atoms with E-state index < -0.39 is 23.2 Å². The number of nitrogens with zero attached hydrogens (tertiary/aromatic N) is 2. The van der Waals surface area contributed by atoms with Crippen LogP contribution in [0.2, 0.25) is 0 Å². The second kappa shape index (κ2) is 8.72. The highest BCUT2D eigenvalue weighted by atomic mass is 16.4. The second-order valence-electron chi connectivity index (χ2n) is 6.17. The average Bonchev–Trinajstić information content (AvgIpc) is 2.47. The summed E-state index contributed by atoms with van der Waals surface area (Å²) >= 11 is 0. The van der Waals surface area contributed by atoms with Gasteiger partial charge in [-0.05, 0) is 25.4 Å². The lowest BCUT2D eigenvalue weighted by atomic mass is 10.0. The molecule has 1 unspecified atom stereocenters. The van der Waals surface area contributed by atoms with Crippen molar-refractivity contribution in [1.29, 1.82) is 0 Å². The molecule has 130 valence electrons. The highest BCUT2D eigenvalue weighted by molar-refractivity contribution is 5.72. The number of carboxylic acids is 1. The van der Waals surface area contributed by atoms with E-state index in [2.05, 4.69) is 11.8 Å². The van der Waals surface area contributed by atoms with E-state index in [0.29, 0.717) is 12.2 Å². The molecule has 0 bridgehead atoms. The predicted octanol–water partition coefficient (Wildman–Crippen LogP) is 2.46. The van der Waals surface area contributed by atoms with E-state index in [9.17, 15) is 19.8 Å². The molecule has 0 saturated heterocycles. The van der Waals surface area contributed by atoms with E-state index in [1.165, 1.54) is 16.8 Å². The first-order valence-electron chi connectivity index (χ1n) is 8.20. The number of hydrogen-bond donors (Lipinski definition) is 2. The first-order valence-corrected chi connectivity index (χ1v) is 8.20. The molecular formula is C17H28N2O4. The van der Waals surface area contributed by atoms with Crippen molar-refractivity contribution in [2.75, 3.05) is 13.1 Å². The maximum atomic E-state index is 11.8. The van der Waals surface area contributed by atoms with Gasteiger partial charge in [0.05, 0.1) is 6.20 Å². The Bertz CT molecular complexity index is 580.